The summed E-state index contributed by atoms with van der Waals surface area (Å²) in [5.74, 6) is 0.230. The zero-order valence-corrected chi connectivity index (χ0v) is 12.7. The highest BCUT2D eigenvalue weighted by atomic mass is 16.3. The predicted octanol–water partition coefficient (Wildman–Crippen LogP) is 1.13. The molecule has 19 heavy (non-hydrogen) atoms. The SMILES string of the molecule is CCN(CCNC(=O)N1CC[C@@H]([C@@H](C)O)C1)C(C)C. The van der Waals surface area contributed by atoms with E-state index < -0.39 is 0 Å². The Balaban J connectivity index is 2.25. The molecule has 2 N–H and O–H groups in total. The lowest BCUT2D eigenvalue weighted by Crippen LogP contribution is -2.43. The molecule has 0 unspecified atom stereocenters. The van der Waals surface area contributed by atoms with Crippen molar-refractivity contribution in [3.8, 4) is 0 Å². The number of hydrogen-bond acceptors (Lipinski definition) is 3. The molecule has 1 aliphatic heterocycles. The number of aliphatic hydroxyl groups excluding tert-OH is 1. The van der Waals surface area contributed by atoms with Crippen LogP contribution >= 0.6 is 0 Å². The highest BCUT2D eigenvalue weighted by molar-refractivity contribution is 5.74. The van der Waals surface area contributed by atoms with Gasteiger partial charge in [-0.2, -0.15) is 0 Å². The Kier molecular flexibility index (Phi) is 6.58. The third-order valence-electron chi connectivity index (χ3n) is 4.01. The number of likely N-dealkylation sites (N-methyl/N-ethyl adjacent to an activating group) is 1. The van der Waals surface area contributed by atoms with E-state index in [1.807, 2.05) is 4.90 Å². The van der Waals surface area contributed by atoms with Crippen LogP contribution in [0.15, 0.2) is 0 Å². The van der Waals surface area contributed by atoms with E-state index in [-0.39, 0.29) is 18.1 Å². The van der Waals surface area contributed by atoms with Crippen molar-refractivity contribution in [1.29, 1.82) is 0 Å². The monoisotopic (exact) mass is 271 g/mol. The molecule has 0 saturated carbocycles. The summed E-state index contributed by atoms with van der Waals surface area (Å²) in [6.45, 7) is 12.3. The summed E-state index contributed by atoms with van der Waals surface area (Å²) in [4.78, 5) is 16.1. The molecule has 1 aliphatic rings. The molecule has 1 heterocycles. The first-order chi connectivity index (χ1) is 8.95. The Hall–Kier alpha value is -0.810. The smallest absolute Gasteiger partial charge is 0.317 e. The van der Waals surface area contributed by atoms with E-state index in [0.29, 0.717) is 19.1 Å². The third kappa shape index (κ3) is 4.99. The summed E-state index contributed by atoms with van der Waals surface area (Å²) in [5.41, 5.74) is 0. The molecular formula is C14H29N3O2. The summed E-state index contributed by atoms with van der Waals surface area (Å²) in [6.07, 6.45) is 0.576. The number of rotatable bonds is 6. The number of aliphatic hydroxyl groups is 1. The van der Waals surface area contributed by atoms with Crippen LogP contribution in [0.3, 0.4) is 0 Å². The molecule has 2 amide bonds. The van der Waals surface area contributed by atoms with E-state index in [1.165, 1.54) is 0 Å². The molecule has 0 radical (unpaired) electrons. The molecule has 1 rings (SSSR count). The normalized spacial score (nSPS) is 21.2. The van der Waals surface area contributed by atoms with E-state index in [2.05, 4.69) is 31.0 Å². The molecule has 5 nitrogen and oxygen atoms in total. The second-order valence-electron chi connectivity index (χ2n) is 5.69. The molecular weight excluding hydrogens is 242 g/mol. The molecule has 2 atom stereocenters. The molecule has 0 aromatic rings. The van der Waals surface area contributed by atoms with Gasteiger partial charge in [-0.05, 0) is 33.7 Å². The van der Waals surface area contributed by atoms with Gasteiger partial charge in [0.15, 0.2) is 0 Å². The summed E-state index contributed by atoms with van der Waals surface area (Å²) in [7, 11) is 0. The fourth-order valence-corrected chi connectivity index (χ4v) is 2.57. The lowest BCUT2D eigenvalue weighted by Gasteiger charge is -2.25. The second-order valence-corrected chi connectivity index (χ2v) is 5.69. The Bertz CT molecular complexity index is 282. The van der Waals surface area contributed by atoms with Crippen molar-refractivity contribution in [3.63, 3.8) is 0 Å². The summed E-state index contributed by atoms with van der Waals surface area (Å²) < 4.78 is 0. The molecule has 0 aromatic carbocycles. The molecule has 0 aliphatic carbocycles. The first-order valence-electron chi connectivity index (χ1n) is 7.40. The average molecular weight is 271 g/mol. The number of amides is 2. The van der Waals surface area contributed by atoms with Gasteiger partial charge in [0.2, 0.25) is 0 Å². The number of hydrogen-bond donors (Lipinski definition) is 2. The number of urea groups is 1. The fraction of sp³-hybridized carbons (Fsp3) is 0.929. The number of nitrogens with one attached hydrogen (secondary N) is 1. The van der Waals surface area contributed by atoms with E-state index in [9.17, 15) is 9.90 Å². The second kappa shape index (κ2) is 7.70. The highest BCUT2D eigenvalue weighted by Crippen LogP contribution is 2.19. The lowest BCUT2D eigenvalue weighted by atomic mass is 10.0. The third-order valence-corrected chi connectivity index (χ3v) is 4.01. The Morgan fingerprint density at radius 1 is 1.47 bits per heavy atom. The first-order valence-corrected chi connectivity index (χ1v) is 7.40. The van der Waals surface area contributed by atoms with Gasteiger partial charge in [-0.1, -0.05) is 6.92 Å². The average Bonchev–Trinajstić information content (AvgIpc) is 2.83. The van der Waals surface area contributed by atoms with Crippen LogP contribution < -0.4 is 5.32 Å². The van der Waals surface area contributed by atoms with Crippen LogP contribution in [-0.2, 0) is 0 Å². The van der Waals surface area contributed by atoms with Crippen LogP contribution in [0.5, 0.6) is 0 Å². The van der Waals surface area contributed by atoms with Gasteiger partial charge >= 0.3 is 6.03 Å². The predicted molar refractivity (Wildman–Crippen MR) is 77.1 cm³/mol. The van der Waals surface area contributed by atoms with Crippen molar-refractivity contribution in [2.24, 2.45) is 5.92 Å². The standard InChI is InChI=1S/C14H29N3O2/c1-5-16(11(2)3)9-7-15-14(19)17-8-6-13(10-17)12(4)18/h11-13,18H,5-10H2,1-4H3,(H,15,19)/t12-,13-/m1/s1. The van der Waals surface area contributed by atoms with Crippen molar-refractivity contribution < 1.29 is 9.90 Å². The Labute approximate surface area is 117 Å². The quantitative estimate of drug-likeness (QED) is 0.761. The van der Waals surface area contributed by atoms with Gasteiger partial charge in [-0.15, -0.1) is 0 Å². The van der Waals surface area contributed by atoms with Gasteiger partial charge in [0.1, 0.15) is 0 Å². The molecule has 112 valence electrons. The Morgan fingerprint density at radius 3 is 2.63 bits per heavy atom. The van der Waals surface area contributed by atoms with Gasteiger partial charge in [-0.25, -0.2) is 4.79 Å². The van der Waals surface area contributed by atoms with E-state index in [4.69, 9.17) is 0 Å². The van der Waals surface area contributed by atoms with Gasteiger partial charge in [0, 0.05) is 38.1 Å². The van der Waals surface area contributed by atoms with Crippen LogP contribution in [0.1, 0.15) is 34.1 Å². The molecule has 1 saturated heterocycles. The molecule has 0 spiro atoms. The maximum absolute atomic E-state index is 12.0. The number of likely N-dealkylation sites (tertiary alicyclic amines) is 1. The van der Waals surface area contributed by atoms with Crippen molar-refractivity contribution in [2.75, 3.05) is 32.7 Å². The Morgan fingerprint density at radius 2 is 2.16 bits per heavy atom. The van der Waals surface area contributed by atoms with Crippen molar-refractivity contribution in [3.05, 3.63) is 0 Å². The van der Waals surface area contributed by atoms with Crippen LogP contribution in [-0.4, -0.2) is 65.8 Å². The lowest BCUT2D eigenvalue weighted by molar-refractivity contribution is 0.129. The minimum atomic E-state index is -0.325. The van der Waals surface area contributed by atoms with Gasteiger partial charge < -0.3 is 15.3 Å². The van der Waals surface area contributed by atoms with Crippen LogP contribution in [0.2, 0.25) is 0 Å². The first kappa shape index (κ1) is 16.2. The number of carbonyl (C=O) groups is 1. The minimum absolute atomic E-state index is 0.00274. The molecule has 5 heteroatoms. The minimum Gasteiger partial charge on any atom is -0.393 e. The fourth-order valence-electron chi connectivity index (χ4n) is 2.57. The van der Waals surface area contributed by atoms with Gasteiger partial charge in [-0.3, -0.25) is 4.90 Å². The van der Waals surface area contributed by atoms with Crippen LogP contribution in [0.25, 0.3) is 0 Å². The highest BCUT2D eigenvalue weighted by Gasteiger charge is 2.28. The van der Waals surface area contributed by atoms with Crippen molar-refractivity contribution in [1.82, 2.24) is 15.1 Å². The van der Waals surface area contributed by atoms with E-state index >= 15 is 0 Å². The summed E-state index contributed by atoms with van der Waals surface area (Å²) in [5, 5.41) is 12.5. The zero-order valence-electron chi connectivity index (χ0n) is 12.7. The zero-order chi connectivity index (χ0) is 14.4. The maximum atomic E-state index is 12.0. The van der Waals surface area contributed by atoms with Gasteiger partial charge in [0.25, 0.3) is 0 Å². The molecule has 1 fully saturated rings. The summed E-state index contributed by atoms with van der Waals surface area (Å²) >= 11 is 0. The van der Waals surface area contributed by atoms with Crippen LogP contribution in [0.4, 0.5) is 4.79 Å². The number of nitrogens with zero attached hydrogens (tertiary/aromatic N) is 2. The van der Waals surface area contributed by atoms with E-state index in [0.717, 1.165) is 26.1 Å². The van der Waals surface area contributed by atoms with Crippen molar-refractivity contribution in [2.45, 2.75) is 46.3 Å². The summed E-state index contributed by atoms with van der Waals surface area (Å²) in [6, 6.07) is 0.510. The van der Waals surface area contributed by atoms with Crippen molar-refractivity contribution >= 4 is 6.03 Å². The molecule has 0 bridgehead atoms. The topological polar surface area (TPSA) is 55.8 Å². The van der Waals surface area contributed by atoms with E-state index in [1.54, 1.807) is 6.92 Å². The largest absolute Gasteiger partial charge is 0.393 e. The molecule has 0 aromatic heterocycles. The van der Waals surface area contributed by atoms with Crippen LogP contribution in [0, 0.1) is 5.92 Å². The maximum Gasteiger partial charge on any atom is 0.317 e. The number of carbonyl (C=O) groups excluding carboxylic acids is 1. The van der Waals surface area contributed by atoms with Gasteiger partial charge in [0.05, 0.1) is 6.10 Å².